The predicted molar refractivity (Wildman–Crippen MR) is 123 cm³/mol. The molecule has 1 saturated heterocycles. The van der Waals surface area contributed by atoms with Crippen LogP contribution in [0.2, 0.25) is 0 Å². The van der Waals surface area contributed by atoms with E-state index in [9.17, 15) is 23.1 Å². The summed E-state index contributed by atoms with van der Waals surface area (Å²) < 4.78 is 36.8. The van der Waals surface area contributed by atoms with E-state index in [1.54, 1.807) is 43.5 Å². The number of hydrogen-bond donors (Lipinski definition) is 1. The molecular formula is C25H27NO7S. The number of nitrogens with zero attached hydrogens (tertiary/aromatic N) is 1. The van der Waals surface area contributed by atoms with Crippen molar-refractivity contribution < 1.29 is 32.6 Å². The van der Waals surface area contributed by atoms with Crippen LogP contribution >= 0.6 is 0 Å². The standard InChI is InChI=1S/C25H27NO7S/c1-15-4-10-20(11-5-15)34(30,31)14-18-12-21-22(16(2)27)24(28)26(21)23(18)25(29)33-13-17-6-8-19(32-3)9-7-17/h4-11,16,21-22,27H,12-14H2,1-3H3/t16-,21+,22+/m1/s1. The zero-order valence-electron chi connectivity index (χ0n) is 19.2. The maximum Gasteiger partial charge on any atom is 0.355 e. The van der Waals surface area contributed by atoms with Crippen molar-refractivity contribution >= 4 is 21.7 Å². The maximum absolute atomic E-state index is 13.1. The van der Waals surface area contributed by atoms with Crippen LogP contribution in [-0.2, 0) is 30.8 Å². The number of hydrogen-bond acceptors (Lipinski definition) is 7. The quantitative estimate of drug-likeness (QED) is 0.452. The van der Waals surface area contributed by atoms with E-state index in [0.29, 0.717) is 11.3 Å². The molecule has 8 nitrogen and oxygen atoms in total. The van der Waals surface area contributed by atoms with Crippen molar-refractivity contribution in [1.29, 1.82) is 0 Å². The number of sulfone groups is 1. The van der Waals surface area contributed by atoms with Crippen LogP contribution in [0.1, 0.15) is 24.5 Å². The summed E-state index contributed by atoms with van der Waals surface area (Å²) in [6, 6.07) is 13.0. The van der Waals surface area contributed by atoms with Crippen molar-refractivity contribution in [3.05, 3.63) is 70.9 Å². The van der Waals surface area contributed by atoms with E-state index in [2.05, 4.69) is 0 Å². The Morgan fingerprint density at radius 3 is 2.38 bits per heavy atom. The summed E-state index contributed by atoms with van der Waals surface area (Å²) in [5, 5.41) is 10.0. The second kappa shape index (κ2) is 9.23. The number of esters is 1. The summed E-state index contributed by atoms with van der Waals surface area (Å²) in [4.78, 5) is 27.2. The molecule has 180 valence electrons. The highest BCUT2D eigenvalue weighted by molar-refractivity contribution is 7.91. The van der Waals surface area contributed by atoms with Crippen LogP contribution in [0.25, 0.3) is 0 Å². The minimum Gasteiger partial charge on any atom is -0.497 e. The molecule has 2 aromatic rings. The highest BCUT2D eigenvalue weighted by Gasteiger charge is 2.57. The lowest BCUT2D eigenvalue weighted by atomic mass is 9.83. The number of β-lactam (4-membered cyclic amide) rings is 1. The average Bonchev–Trinajstić information content (AvgIpc) is 3.11. The van der Waals surface area contributed by atoms with E-state index < -0.39 is 45.5 Å². The number of amides is 1. The van der Waals surface area contributed by atoms with Gasteiger partial charge < -0.3 is 19.5 Å². The Labute approximate surface area is 198 Å². The van der Waals surface area contributed by atoms with Crippen LogP contribution < -0.4 is 4.74 Å². The molecule has 0 unspecified atom stereocenters. The van der Waals surface area contributed by atoms with E-state index in [-0.39, 0.29) is 23.6 Å². The van der Waals surface area contributed by atoms with E-state index in [1.165, 1.54) is 24.0 Å². The second-order valence-electron chi connectivity index (χ2n) is 8.69. The predicted octanol–water partition coefficient (Wildman–Crippen LogP) is 2.39. The molecule has 2 heterocycles. The van der Waals surface area contributed by atoms with Crippen LogP contribution in [0.3, 0.4) is 0 Å². The zero-order chi connectivity index (χ0) is 24.6. The Morgan fingerprint density at radius 2 is 1.79 bits per heavy atom. The van der Waals surface area contributed by atoms with Crippen molar-refractivity contribution in [2.45, 2.75) is 43.9 Å². The van der Waals surface area contributed by atoms with Gasteiger partial charge in [0.1, 0.15) is 18.1 Å². The topological polar surface area (TPSA) is 110 Å². The summed E-state index contributed by atoms with van der Waals surface area (Å²) in [6.07, 6.45) is -0.710. The Bertz CT molecular complexity index is 1230. The molecule has 0 saturated carbocycles. The van der Waals surface area contributed by atoms with Gasteiger partial charge in [-0.3, -0.25) is 4.79 Å². The minimum atomic E-state index is -3.76. The maximum atomic E-state index is 13.1. The fraction of sp³-hybridized carbons (Fsp3) is 0.360. The number of methoxy groups -OCH3 is 1. The van der Waals surface area contributed by atoms with Crippen LogP contribution in [-0.4, -0.2) is 55.3 Å². The van der Waals surface area contributed by atoms with E-state index in [0.717, 1.165) is 11.1 Å². The third kappa shape index (κ3) is 4.45. The summed E-state index contributed by atoms with van der Waals surface area (Å²) in [5.74, 6) is -1.58. The highest BCUT2D eigenvalue weighted by atomic mass is 32.2. The molecule has 0 aromatic heterocycles. The number of aliphatic hydroxyl groups is 1. The fourth-order valence-electron chi connectivity index (χ4n) is 4.48. The summed E-state index contributed by atoms with van der Waals surface area (Å²) in [7, 11) is -2.21. The number of benzene rings is 2. The molecule has 4 rings (SSSR count). The third-order valence-electron chi connectivity index (χ3n) is 6.29. The van der Waals surface area contributed by atoms with Gasteiger partial charge in [0, 0.05) is 0 Å². The number of aliphatic hydroxyl groups excluding tert-OH is 1. The van der Waals surface area contributed by atoms with Gasteiger partial charge in [0.05, 0.1) is 35.8 Å². The fourth-order valence-corrected chi connectivity index (χ4v) is 5.91. The Kier molecular flexibility index (Phi) is 6.51. The molecule has 2 aromatic carbocycles. The van der Waals surface area contributed by atoms with Crippen LogP contribution in [0.5, 0.6) is 5.75 Å². The van der Waals surface area contributed by atoms with Crippen molar-refractivity contribution in [2.24, 2.45) is 5.92 Å². The van der Waals surface area contributed by atoms with E-state index >= 15 is 0 Å². The number of carbonyl (C=O) groups is 2. The van der Waals surface area contributed by atoms with Gasteiger partial charge in [-0.15, -0.1) is 0 Å². The van der Waals surface area contributed by atoms with Crippen molar-refractivity contribution in [3.8, 4) is 5.75 Å². The molecule has 0 aliphatic carbocycles. The van der Waals surface area contributed by atoms with Gasteiger partial charge >= 0.3 is 5.97 Å². The number of rotatable bonds is 8. The first-order chi connectivity index (χ1) is 16.1. The van der Waals surface area contributed by atoms with Gasteiger partial charge in [0.15, 0.2) is 9.84 Å². The molecule has 0 radical (unpaired) electrons. The van der Waals surface area contributed by atoms with E-state index in [4.69, 9.17) is 9.47 Å². The van der Waals surface area contributed by atoms with Crippen LogP contribution in [0, 0.1) is 12.8 Å². The molecule has 9 heteroatoms. The van der Waals surface area contributed by atoms with Gasteiger partial charge in [0.2, 0.25) is 5.91 Å². The normalized spacial score (nSPS) is 20.6. The lowest BCUT2D eigenvalue weighted by Crippen LogP contribution is -2.61. The van der Waals surface area contributed by atoms with Gasteiger partial charge in [-0.2, -0.15) is 0 Å². The Hall–Kier alpha value is -3.17. The van der Waals surface area contributed by atoms with Crippen molar-refractivity contribution in [3.63, 3.8) is 0 Å². The van der Waals surface area contributed by atoms with Crippen LogP contribution in [0.4, 0.5) is 0 Å². The second-order valence-corrected chi connectivity index (χ2v) is 10.7. The molecule has 2 aliphatic rings. The molecule has 1 N–H and O–H groups in total. The Morgan fingerprint density at radius 1 is 1.15 bits per heavy atom. The van der Waals surface area contributed by atoms with Crippen molar-refractivity contribution in [2.75, 3.05) is 12.9 Å². The smallest absolute Gasteiger partial charge is 0.355 e. The molecule has 1 fully saturated rings. The highest BCUT2D eigenvalue weighted by Crippen LogP contribution is 2.44. The van der Waals surface area contributed by atoms with E-state index in [1.807, 2.05) is 6.92 Å². The molecule has 3 atom stereocenters. The summed E-state index contributed by atoms with van der Waals surface area (Å²) >= 11 is 0. The first-order valence-electron chi connectivity index (χ1n) is 10.9. The number of ether oxygens (including phenoxy) is 2. The number of carbonyl (C=O) groups excluding carboxylic acids is 2. The number of aryl methyl sites for hydroxylation is 1. The Balaban J connectivity index is 1.60. The molecule has 0 bridgehead atoms. The molecule has 1 amide bonds. The van der Waals surface area contributed by atoms with Gasteiger partial charge in [-0.05, 0) is 55.7 Å². The lowest BCUT2D eigenvalue weighted by molar-refractivity contribution is -0.162. The number of fused-ring (bicyclic) bond motifs is 1. The first kappa shape index (κ1) is 24.0. The largest absolute Gasteiger partial charge is 0.497 e. The first-order valence-corrected chi connectivity index (χ1v) is 12.6. The third-order valence-corrected chi connectivity index (χ3v) is 8.01. The lowest BCUT2D eigenvalue weighted by Gasteiger charge is -2.44. The van der Waals surface area contributed by atoms with Gasteiger partial charge in [-0.1, -0.05) is 29.8 Å². The molecule has 34 heavy (non-hydrogen) atoms. The van der Waals surface area contributed by atoms with Gasteiger partial charge in [-0.25, -0.2) is 13.2 Å². The molecule has 2 aliphatic heterocycles. The summed E-state index contributed by atoms with van der Waals surface area (Å²) in [5.41, 5.74) is 1.93. The zero-order valence-corrected chi connectivity index (χ0v) is 20.0. The SMILES string of the molecule is COc1ccc(COC(=O)C2=C(CS(=O)(=O)c3ccc(C)cc3)C[C@H]3[C@H]([C@@H](C)O)C(=O)N23)cc1. The van der Waals surface area contributed by atoms with Crippen LogP contribution in [0.15, 0.2) is 64.7 Å². The minimum absolute atomic E-state index is 0.0314. The summed E-state index contributed by atoms with van der Waals surface area (Å²) in [6.45, 7) is 3.33. The molecule has 0 spiro atoms. The molecular weight excluding hydrogens is 458 g/mol. The van der Waals surface area contributed by atoms with Gasteiger partial charge in [0.25, 0.3) is 0 Å². The average molecular weight is 486 g/mol. The van der Waals surface area contributed by atoms with Crippen molar-refractivity contribution in [1.82, 2.24) is 4.90 Å². The monoisotopic (exact) mass is 485 g/mol.